The van der Waals surface area contributed by atoms with Crippen molar-refractivity contribution in [2.24, 2.45) is 16.1 Å². The van der Waals surface area contributed by atoms with Crippen LogP contribution in [0.3, 0.4) is 0 Å². The molecule has 4 N–H and O–H groups in total. The standard InChI is InChI=1S/C18H30N4O.HI/c1-6-20-17(22-12-18(4,5)16(19)23)21-8-7-15-10-13(2)9-14(3)11-15;/h9-11H,6-8,12H2,1-5H3,(H2,19,23)(H2,20,21,22);1H. The van der Waals surface area contributed by atoms with E-state index >= 15 is 0 Å². The molecule has 0 aliphatic heterocycles. The number of guanidine groups is 1. The van der Waals surface area contributed by atoms with Gasteiger partial charge in [-0.25, -0.2) is 0 Å². The Kier molecular flexibility index (Phi) is 9.96. The number of nitrogens with two attached hydrogens (primary N) is 1. The van der Waals surface area contributed by atoms with E-state index in [1.54, 1.807) is 13.8 Å². The van der Waals surface area contributed by atoms with Crippen LogP contribution in [0.2, 0.25) is 0 Å². The Balaban J connectivity index is 0.00000529. The second kappa shape index (κ2) is 10.5. The van der Waals surface area contributed by atoms with Gasteiger partial charge < -0.3 is 16.4 Å². The van der Waals surface area contributed by atoms with Gasteiger partial charge in [-0.05, 0) is 46.6 Å². The summed E-state index contributed by atoms with van der Waals surface area (Å²) in [5, 5.41) is 6.50. The number of hydrogen-bond donors (Lipinski definition) is 3. The fraction of sp³-hybridized carbons (Fsp3) is 0.556. The molecule has 5 nitrogen and oxygen atoms in total. The van der Waals surface area contributed by atoms with Gasteiger partial charge in [-0.3, -0.25) is 9.79 Å². The van der Waals surface area contributed by atoms with Gasteiger partial charge in [0, 0.05) is 13.1 Å². The van der Waals surface area contributed by atoms with Crippen molar-refractivity contribution in [3.05, 3.63) is 34.9 Å². The van der Waals surface area contributed by atoms with Crippen molar-refractivity contribution in [3.8, 4) is 0 Å². The molecule has 1 aromatic carbocycles. The fourth-order valence-corrected chi connectivity index (χ4v) is 2.23. The smallest absolute Gasteiger partial charge is 0.224 e. The Hall–Kier alpha value is -1.31. The highest BCUT2D eigenvalue weighted by Crippen LogP contribution is 2.14. The number of rotatable bonds is 7. The zero-order chi connectivity index (χ0) is 17.5. The molecule has 0 atom stereocenters. The van der Waals surface area contributed by atoms with Crippen LogP contribution < -0.4 is 16.4 Å². The molecule has 24 heavy (non-hydrogen) atoms. The molecule has 0 fully saturated rings. The first kappa shape index (κ1) is 22.7. The van der Waals surface area contributed by atoms with Crippen LogP contribution >= 0.6 is 24.0 Å². The molecule has 0 saturated heterocycles. The number of primary amides is 1. The molecule has 1 aromatic rings. The third-order valence-corrected chi connectivity index (χ3v) is 3.63. The lowest BCUT2D eigenvalue weighted by Crippen LogP contribution is -2.40. The number of halogens is 1. The van der Waals surface area contributed by atoms with Gasteiger partial charge in [0.1, 0.15) is 0 Å². The number of nitrogens with one attached hydrogen (secondary N) is 2. The normalized spacial score (nSPS) is 11.6. The summed E-state index contributed by atoms with van der Waals surface area (Å²) in [5.41, 5.74) is 8.61. The molecule has 0 saturated carbocycles. The molecule has 1 amide bonds. The van der Waals surface area contributed by atoms with Crippen molar-refractivity contribution >= 4 is 35.8 Å². The first-order valence-corrected chi connectivity index (χ1v) is 8.14. The number of aliphatic imine (C=N–C) groups is 1. The van der Waals surface area contributed by atoms with E-state index in [2.05, 4.69) is 47.7 Å². The Morgan fingerprint density at radius 2 is 1.75 bits per heavy atom. The summed E-state index contributed by atoms with van der Waals surface area (Å²) in [4.78, 5) is 15.8. The third-order valence-electron chi connectivity index (χ3n) is 3.63. The van der Waals surface area contributed by atoms with E-state index in [4.69, 9.17) is 5.73 Å². The number of hydrogen-bond acceptors (Lipinski definition) is 2. The van der Waals surface area contributed by atoms with Crippen LogP contribution in [-0.4, -0.2) is 31.5 Å². The number of aryl methyl sites for hydroxylation is 2. The van der Waals surface area contributed by atoms with Crippen LogP contribution in [0.1, 0.15) is 37.5 Å². The first-order valence-electron chi connectivity index (χ1n) is 8.14. The first-order chi connectivity index (χ1) is 10.7. The van der Waals surface area contributed by atoms with Crippen LogP contribution in [0.25, 0.3) is 0 Å². The van der Waals surface area contributed by atoms with E-state index in [0.29, 0.717) is 12.5 Å². The summed E-state index contributed by atoms with van der Waals surface area (Å²) in [6, 6.07) is 6.58. The Morgan fingerprint density at radius 3 is 2.25 bits per heavy atom. The lowest BCUT2D eigenvalue weighted by molar-refractivity contribution is -0.125. The van der Waals surface area contributed by atoms with Gasteiger partial charge in [0.25, 0.3) is 0 Å². The largest absolute Gasteiger partial charge is 0.369 e. The van der Waals surface area contributed by atoms with Crippen molar-refractivity contribution < 1.29 is 4.79 Å². The Labute approximate surface area is 162 Å². The van der Waals surface area contributed by atoms with Crippen molar-refractivity contribution in [3.63, 3.8) is 0 Å². The van der Waals surface area contributed by atoms with Crippen molar-refractivity contribution in [1.82, 2.24) is 10.6 Å². The molecular formula is C18H31IN4O. The maximum Gasteiger partial charge on any atom is 0.224 e. The lowest BCUT2D eigenvalue weighted by Gasteiger charge is -2.19. The fourth-order valence-electron chi connectivity index (χ4n) is 2.23. The molecule has 136 valence electrons. The monoisotopic (exact) mass is 446 g/mol. The van der Waals surface area contributed by atoms with Crippen molar-refractivity contribution in [2.75, 3.05) is 19.6 Å². The van der Waals surface area contributed by atoms with Crippen LogP contribution in [-0.2, 0) is 11.2 Å². The Morgan fingerprint density at radius 1 is 1.17 bits per heavy atom. The second-order valence-corrected chi connectivity index (χ2v) is 6.62. The number of carbonyl (C=O) groups is 1. The van der Waals surface area contributed by atoms with E-state index < -0.39 is 5.41 Å². The molecular weight excluding hydrogens is 415 g/mol. The van der Waals surface area contributed by atoms with Gasteiger partial charge in [0.05, 0.1) is 12.0 Å². The predicted molar refractivity (Wildman–Crippen MR) is 112 cm³/mol. The topological polar surface area (TPSA) is 79.5 Å². The number of benzene rings is 1. The second-order valence-electron chi connectivity index (χ2n) is 6.62. The molecule has 0 radical (unpaired) electrons. The summed E-state index contributed by atoms with van der Waals surface area (Å²) in [6.07, 6.45) is 0.923. The van der Waals surface area contributed by atoms with Crippen LogP contribution in [0.4, 0.5) is 0 Å². The minimum absolute atomic E-state index is 0. The Bertz CT molecular complexity index is 550. The molecule has 0 aromatic heterocycles. The van der Waals surface area contributed by atoms with E-state index in [1.807, 2.05) is 6.92 Å². The molecule has 0 bridgehead atoms. The van der Waals surface area contributed by atoms with Crippen molar-refractivity contribution in [2.45, 2.75) is 41.0 Å². The average Bonchev–Trinajstić information content (AvgIpc) is 2.43. The van der Waals surface area contributed by atoms with E-state index in [-0.39, 0.29) is 29.9 Å². The van der Waals surface area contributed by atoms with Crippen LogP contribution in [0.15, 0.2) is 23.2 Å². The van der Waals surface area contributed by atoms with Gasteiger partial charge in [0.2, 0.25) is 5.91 Å². The molecule has 6 heteroatoms. The molecule has 0 unspecified atom stereocenters. The van der Waals surface area contributed by atoms with Gasteiger partial charge in [-0.15, -0.1) is 24.0 Å². The summed E-state index contributed by atoms with van der Waals surface area (Å²) in [6.45, 7) is 11.8. The lowest BCUT2D eigenvalue weighted by atomic mass is 9.93. The zero-order valence-electron chi connectivity index (χ0n) is 15.4. The summed E-state index contributed by atoms with van der Waals surface area (Å²) < 4.78 is 0. The number of nitrogens with zero attached hydrogens (tertiary/aromatic N) is 1. The van der Waals surface area contributed by atoms with Crippen LogP contribution in [0, 0.1) is 19.3 Å². The summed E-state index contributed by atoms with van der Waals surface area (Å²) in [5.74, 6) is 0.374. The zero-order valence-corrected chi connectivity index (χ0v) is 17.7. The minimum atomic E-state index is -0.643. The molecule has 0 aliphatic carbocycles. The maximum absolute atomic E-state index is 11.4. The van der Waals surface area contributed by atoms with Gasteiger partial charge in [-0.2, -0.15) is 0 Å². The molecule has 1 rings (SSSR count). The maximum atomic E-state index is 11.4. The van der Waals surface area contributed by atoms with E-state index in [1.165, 1.54) is 16.7 Å². The van der Waals surface area contributed by atoms with Gasteiger partial charge in [-0.1, -0.05) is 29.3 Å². The predicted octanol–water partition coefficient (Wildman–Crippen LogP) is 2.53. The highest BCUT2D eigenvalue weighted by molar-refractivity contribution is 14.0. The van der Waals surface area contributed by atoms with Gasteiger partial charge in [0.15, 0.2) is 5.96 Å². The number of amides is 1. The quantitative estimate of drug-likeness (QED) is 0.342. The highest BCUT2D eigenvalue weighted by Gasteiger charge is 2.24. The average molecular weight is 446 g/mol. The SMILES string of the molecule is CCNC(=NCC(C)(C)C(N)=O)NCCc1cc(C)cc(C)c1.I. The van der Waals surface area contributed by atoms with Crippen molar-refractivity contribution in [1.29, 1.82) is 0 Å². The molecule has 0 heterocycles. The van der Waals surface area contributed by atoms with Gasteiger partial charge >= 0.3 is 0 Å². The van der Waals surface area contributed by atoms with Crippen LogP contribution in [0.5, 0.6) is 0 Å². The number of carbonyl (C=O) groups excluding carboxylic acids is 1. The highest BCUT2D eigenvalue weighted by atomic mass is 127. The summed E-state index contributed by atoms with van der Waals surface area (Å²) in [7, 11) is 0. The minimum Gasteiger partial charge on any atom is -0.369 e. The third kappa shape index (κ3) is 7.99. The molecule has 0 spiro atoms. The molecule has 0 aliphatic rings. The summed E-state index contributed by atoms with van der Waals surface area (Å²) >= 11 is 0. The van der Waals surface area contributed by atoms with E-state index in [9.17, 15) is 4.79 Å². The van der Waals surface area contributed by atoms with E-state index in [0.717, 1.165) is 19.5 Å².